The third-order valence-corrected chi connectivity index (χ3v) is 3.47. The lowest BCUT2D eigenvalue weighted by Crippen LogP contribution is -1.78. The molecule has 3 rings (SSSR count). The van der Waals surface area contributed by atoms with Crippen molar-refractivity contribution in [1.82, 2.24) is 4.98 Å². The highest BCUT2D eigenvalue weighted by Gasteiger charge is 2.02. The maximum absolute atomic E-state index is 3.29. The van der Waals surface area contributed by atoms with E-state index in [9.17, 15) is 0 Å². The van der Waals surface area contributed by atoms with Crippen molar-refractivity contribution < 1.29 is 0 Å². The van der Waals surface area contributed by atoms with Gasteiger partial charge in [0.2, 0.25) is 0 Å². The molecular formula is C13H10NP. The van der Waals surface area contributed by atoms with Crippen LogP contribution >= 0.6 is 8.19 Å². The van der Waals surface area contributed by atoms with Crippen molar-refractivity contribution in [1.29, 1.82) is 0 Å². The van der Waals surface area contributed by atoms with Crippen LogP contribution in [0.1, 0.15) is 0 Å². The number of hydrogen-bond donors (Lipinski definition) is 1. The van der Waals surface area contributed by atoms with Gasteiger partial charge in [0.15, 0.2) is 0 Å². The molecular weight excluding hydrogens is 201 g/mol. The van der Waals surface area contributed by atoms with Gasteiger partial charge in [0.05, 0.1) is 5.43 Å². The molecule has 2 heteroatoms. The van der Waals surface area contributed by atoms with Crippen molar-refractivity contribution in [2.45, 2.75) is 0 Å². The number of aromatic nitrogens is 1. The first-order chi connectivity index (χ1) is 7.45. The third-order valence-electron chi connectivity index (χ3n) is 2.54. The number of H-pyrrole nitrogens is 1. The fourth-order valence-electron chi connectivity index (χ4n) is 1.84. The number of benzene rings is 2. The fraction of sp³-hybridized carbons (Fsp3) is 0. The summed E-state index contributed by atoms with van der Waals surface area (Å²) in [5, 5.41) is 2.62. The lowest BCUT2D eigenvalue weighted by atomic mass is 10.1. The molecule has 0 radical (unpaired) electrons. The van der Waals surface area contributed by atoms with Crippen LogP contribution in [0.4, 0.5) is 0 Å². The first kappa shape index (κ1) is 8.70. The molecule has 1 nitrogen and oxygen atoms in total. The van der Waals surface area contributed by atoms with Crippen LogP contribution in [0.15, 0.2) is 54.5 Å². The van der Waals surface area contributed by atoms with Crippen molar-refractivity contribution in [3.05, 3.63) is 54.5 Å². The zero-order chi connectivity index (χ0) is 10.1. The molecule has 72 valence electrons. The monoisotopic (exact) mass is 211 g/mol. The normalized spacial score (nSPS) is 11.2. The number of rotatable bonds is 1. The van der Waals surface area contributed by atoms with Crippen LogP contribution in [0.2, 0.25) is 0 Å². The van der Waals surface area contributed by atoms with E-state index in [4.69, 9.17) is 0 Å². The topological polar surface area (TPSA) is 15.8 Å². The molecule has 0 bridgehead atoms. The number of hydrogen-bond acceptors (Lipinski definition) is 0. The van der Waals surface area contributed by atoms with Crippen LogP contribution in [0.3, 0.4) is 0 Å². The van der Waals surface area contributed by atoms with Crippen LogP contribution in [-0.2, 0) is 0 Å². The van der Waals surface area contributed by atoms with E-state index in [1.165, 1.54) is 30.0 Å². The van der Waals surface area contributed by atoms with Crippen LogP contribution in [0.5, 0.6) is 0 Å². The van der Waals surface area contributed by atoms with Gasteiger partial charge in [0, 0.05) is 11.8 Å². The molecule has 0 aliphatic heterocycles. The summed E-state index contributed by atoms with van der Waals surface area (Å²) in [5.41, 5.74) is 2.58. The molecule has 15 heavy (non-hydrogen) atoms. The standard InChI is InChI=1S/C13H10NP/c1-2-6-11-10(4-1)5-3-7-12(11)13-14-8-9-15-13/h1-9,14H. The molecule has 3 aromatic rings. The second-order valence-corrected chi connectivity index (χ2v) is 4.47. The van der Waals surface area contributed by atoms with E-state index in [0.717, 1.165) is 0 Å². The Morgan fingerprint density at radius 2 is 1.80 bits per heavy atom. The molecule has 0 amide bonds. The Kier molecular flexibility index (Phi) is 2.04. The van der Waals surface area contributed by atoms with Gasteiger partial charge < -0.3 is 4.98 Å². The lowest BCUT2D eigenvalue weighted by molar-refractivity contribution is 1.42. The predicted octanol–water partition coefficient (Wildman–Crippen LogP) is 4.42. The Balaban J connectivity index is 2.36. The molecule has 0 atom stereocenters. The molecule has 0 spiro atoms. The van der Waals surface area contributed by atoms with Crippen LogP contribution < -0.4 is 0 Å². The Hall–Kier alpha value is -1.59. The van der Waals surface area contributed by atoms with E-state index in [1.54, 1.807) is 0 Å². The minimum Gasteiger partial charge on any atom is -0.357 e. The Labute approximate surface area is 89.9 Å². The average Bonchev–Trinajstić information content (AvgIpc) is 2.82. The van der Waals surface area contributed by atoms with Crippen molar-refractivity contribution in [3.8, 4) is 11.0 Å². The molecule has 1 N–H and O–H groups in total. The quantitative estimate of drug-likeness (QED) is 0.613. The van der Waals surface area contributed by atoms with E-state index < -0.39 is 0 Å². The van der Waals surface area contributed by atoms with Crippen molar-refractivity contribution in [2.75, 3.05) is 0 Å². The SMILES string of the molecule is c1ccc2c(-c3[nH]ccp3)cccc2c1. The van der Waals surface area contributed by atoms with Crippen LogP contribution in [-0.4, -0.2) is 4.98 Å². The molecule has 0 saturated heterocycles. The van der Waals surface area contributed by atoms with E-state index in [1.807, 2.05) is 6.20 Å². The Bertz CT molecular complexity index is 579. The summed E-state index contributed by atoms with van der Waals surface area (Å²) in [6.07, 6.45) is 2.00. The number of fused-ring (bicyclic) bond motifs is 1. The minimum absolute atomic E-state index is 1.25. The molecule has 1 aromatic heterocycles. The average molecular weight is 211 g/mol. The maximum Gasteiger partial charge on any atom is 0.0736 e. The van der Waals surface area contributed by atoms with Gasteiger partial charge in [-0.2, -0.15) is 0 Å². The van der Waals surface area contributed by atoms with Gasteiger partial charge in [0.25, 0.3) is 0 Å². The van der Waals surface area contributed by atoms with Gasteiger partial charge in [-0.25, -0.2) is 0 Å². The van der Waals surface area contributed by atoms with Crippen molar-refractivity contribution in [2.24, 2.45) is 0 Å². The van der Waals surface area contributed by atoms with Gasteiger partial charge in [-0.1, -0.05) is 42.5 Å². The second kappa shape index (κ2) is 3.52. The van der Waals surface area contributed by atoms with E-state index in [2.05, 4.69) is 53.2 Å². The van der Waals surface area contributed by atoms with Gasteiger partial charge in [-0.15, -0.1) is 0 Å². The van der Waals surface area contributed by atoms with Gasteiger partial charge >= 0.3 is 0 Å². The highest BCUT2D eigenvalue weighted by molar-refractivity contribution is 7.33. The molecule has 0 unspecified atom stereocenters. The van der Waals surface area contributed by atoms with Crippen LogP contribution in [0, 0.1) is 0 Å². The van der Waals surface area contributed by atoms with Crippen LogP contribution in [0.25, 0.3) is 21.8 Å². The lowest BCUT2D eigenvalue weighted by Gasteiger charge is -2.03. The summed E-state index contributed by atoms with van der Waals surface area (Å²) < 4.78 is 0. The number of nitrogens with one attached hydrogen (secondary N) is 1. The van der Waals surface area contributed by atoms with Gasteiger partial charge in [-0.3, -0.25) is 0 Å². The first-order valence-corrected chi connectivity index (χ1v) is 5.89. The van der Waals surface area contributed by atoms with Crippen molar-refractivity contribution >= 4 is 19.0 Å². The molecule has 0 aliphatic rings. The molecule has 1 heterocycles. The summed E-state index contributed by atoms with van der Waals surface area (Å²) in [6.45, 7) is 0. The summed E-state index contributed by atoms with van der Waals surface area (Å²) in [5.74, 6) is 2.12. The minimum atomic E-state index is 1.25. The fourth-order valence-corrected chi connectivity index (χ4v) is 2.63. The molecule has 0 aliphatic carbocycles. The zero-order valence-electron chi connectivity index (χ0n) is 8.14. The predicted molar refractivity (Wildman–Crippen MR) is 66.2 cm³/mol. The van der Waals surface area contributed by atoms with Gasteiger partial charge in [0.1, 0.15) is 0 Å². The van der Waals surface area contributed by atoms with E-state index in [0.29, 0.717) is 0 Å². The number of aromatic amines is 1. The second-order valence-electron chi connectivity index (χ2n) is 3.46. The highest BCUT2D eigenvalue weighted by atomic mass is 31.0. The third kappa shape index (κ3) is 1.45. The Morgan fingerprint density at radius 3 is 2.67 bits per heavy atom. The summed E-state index contributed by atoms with van der Waals surface area (Å²) in [7, 11) is 1.25. The molecule has 2 aromatic carbocycles. The largest absolute Gasteiger partial charge is 0.357 e. The van der Waals surface area contributed by atoms with Crippen molar-refractivity contribution in [3.63, 3.8) is 0 Å². The smallest absolute Gasteiger partial charge is 0.0736 e. The highest BCUT2D eigenvalue weighted by Crippen LogP contribution is 2.31. The molecule has 0 fully saturated rings. The summed E-state index contributed by atoms with van der Waals surface area (Å²) in [6, 6.07) is 14.9. The summed E-state index contributed by atoms with van der Waals surface area (Å²) in [4.78, 5) is 3.29. The molecule has 0 saturated carbocycles. The zero-order valence-corrected chi connectivity index (χ0v) is 9.04. The van der Waals surface area contributed by atoms with E-state index >= 15 is 0 Å². The maximum atomic E-state index is 3.29. The van der Waals surface area contributed by atoms with Gasteiger partial charge in [-0.05, 0) is 24.8 Å². The summed E-state index contributed by atoms with van der Waals surface area (Å²) >= 11 is 0. The Morgan fingerprint density at radius 1 is 0.933 bits per heavy atom. The van der Waals surface area contributed by atoms with E-state index in [-0.39, 0.29) is 0 Å². The first-order valence-electron chi connectivity index (χ1n) is 4.93.